The fourth-order valence-corrected chi connectivity index (χ4v) is 2.65. The number of carbonyl (C=O) groups is 1. The van der Waals surface area contributed by atoms with Gasteiger partial charge in [0.05, 0.1) is 6.54 Å². The van der Waals surface area contributed by atoms with Crippen LogP contribution < -0.4 is 5.32 Å². The highest BCUT2D eigenvalue weighted by atomic mass is 35.5. The molecule has 1 saturated heterocycles. The molecule has 1 fully saturated rings. The number of piperazine rings is 1. The SMILES string of the molecule is CCc1ccc(CN(C)C(=O)CN2CCNC[C@@H]2C)cc1.Cl. The summed E-state index contributed by atoms with van der Waals surface area (Å²) in [5, 5.41) is 3.35. The molecule has 1 aromatic rings. The zero-order chi connectivity index (χ0) is 15.2. The second-order valence-electron chi connectivity index (χ2n) is 5.94. The molecule has 1 N–H and O–H groups in total. The Bertz CT molecular complexity index is 463. The van der Waals surface area contributed by atoms with Crippen LogP contribution in [0.5, 0.6) is 0 Å². The number of likely N-dealkylation sites (N-methyl/N-ethyl adjacent to an activating group) is 1. The number of benzene rings is 1. The van der Waals surface area contributed by atoms with Gasteiger partial charge in [-0.15, -0.1) is 12.4 Å². The normalized spacial score (nSPS) is 18.6. The third kappa shape index (κ3) is 5.27. The van der Waals surface area contributed by atoms with Crippen LogP contribution in [-0.4, -0.2) is 55.0 Å². The minimum absolute atomic E-state index is 0. The van der Waals surface area contributed by atoms with Gasteiger partial charge in [-0.2, -0.15) is 0 Å². The highest BCUT2D eigenvalue weighted by molar-refractivity contribution is 5.85. The van der Waals surface area contributed by atoms with Crippen LogP contribution in [0.3, 0.4) is 0 Å². The molecule has 1 heterocycles. The fraction of sp³-hybridized carbons (Fsp3) is 0.588. The van der Waals surface area contributed by atoms with Crippen molar-refractivity contribution in [3.8, 4) is 0 Å². The molecule has 0 spiro atoms. The molecule has 124 valence electrons. The molecule has 4 nitrogen and oxygen atoms in total. The highest BCUT2D eigenvalue weighted by Gasteiger charge is 2.21. The molecular weight excluding hydrogens is 298 g/mol. The second kappa shape index (κ2) is 9.13. The summed E-state index contributed by atoms with van der Waals surface area (Å²) in [5.41, 5.74) is 2.53. The van der Waals surface area contributed by atoms with Crippen LogP contribution >= 0.6 is 12.4 Å². The van der Waals surface area contributed by atoms with Gasteiger partial charge in [0.1, 0.15) is 0 Å². The van der Waals surface area contributed by atoms with Crippen LogP contribution in [0.4, 0.5) is 0 Å². The van der Waals surface area contributed by atoms with Gasteiger partial charge in [0.2, 0.25) is 5.91 Å². The lowest BCUT2D eigenvalue weighted by molar-refractivity contribution is -0.132. The number of hydrogen-bond donors (Lipinski definition) is 1. The number of rotatable bonds is 5. The Balaban J connectivity index is 0.00000242. The Morgan fingerprint density at radius 1 is 1.32 bits per heavy atom. The topological polar surface area (TPSA) is 35.6 Å². The molecule has 2 rings (SSSR count). The molecule has 1 aliphatic rings. The van der Waals surface area contributed by atoms with Crippen LogP contribution in [0, 0.1) is 0 Å². The smallest absolute Gasteiger partial charge is 0.236 e. The Kier molecular flexibility index (Phi) is 7.87. The zero-order valence-electron chi connectivity index (χ0n) is 13.8. The molecule has 1 aromatic carbocycles. The van der Waals surface area contributed by atoms with Crippen molar-refractivity contribution in [1.29, 1.82) is 0 Å². The molecule has 0 unspecified atom stereocenters. The maximum atomic E-state index is 12.3. The number of carbonyl (C=O) groups excluding carboxylic acids is 1. The Morgan fingerprint density at radius 2 is 1.95 bits per heavy atom. The van der Waals surface area contributed by atoms with Gasteiger partial charge in [-0.25, -0.2) is 0 Å². The van der Waals surface area contributed by atoms with E-state index >= 15 is 0 Å². The van der Waals surface area contributed by atoms with Gasteiger partial charge in [0, 0.05) is 39.3 Å². The van der Waals surface area contributed by atoms with Gasteiger partial charge < -0.3 is 10.2 Å². The first-order valence-electron chi connectivity index (χ1n) is 7.86. The molecule has 22 heavy (non-hydrogen) atoms. The average Bonchev–Trinajstić information content (AvgIpc) is 2.50. The molecule has 5 heteroatoms. The number of nitrogens with zero attached hydrogens (tertiary/aromatic N) is 2. The van der Waals surface area contributed by atoms with Crippen molar-refractivity contribution in [2.24, 2.45) is 0 Å². The summed E-state index contributed by atoms with van der Waals surface area (Å²) in [6.07, 6.45) is 1.05. The van der Waals surface area contributed by atoms with Crippen molar-refractivity contribution in [2.75, 3.05) is 33.2 Å². The fourth-order valence-electron chi connectivity index (χ4n) is 2.65. The van der Waals surface area contributed by atoms with Gasteiger partial charge in [0.15, 0.2) is 0 Å². The molecule has 0 radical (unpaired) electrons. The summed E-state index contributed by atoms with van der Waals surface area (Å²) in [7, 11) is 1.89. The molecule has 1 aliphatic heterocycles. The van der Waals surface area contributed by atoms with Gasteiger partial charge in [-0.1, -0.05) is 31.2 Å². The third-order valence-corrected chi connectivity index (χ3v) is 4.25. The van der Waals surface area contributed by atoms with E-state index in [9.17, 15) is 4.79 Å². The number of aryl methyl sites for hydroxylation is 1. The summed E-state index contributed by atoms with van der Waals surface area (Å²) in [5.74, 6) is 0.198. The van der Waals surface area contributed by atoms with Crippen LogP contribution in [0.2, 0.25) is 0 Å². The van der Waals surface area contributed by atoms with E-state index in [1.807, 2.05) is 11.9 Å². The highest BCUT2D eigenvalue weighted by Crippen LogP contribution is 2.09. The van der Waals surface area contributed by atoms with Crippen molar-refractivity contribution in [3.05, 3.63) is 35.4 Å². The average molecular weight is 326 g/mol. The first kappa shape index (κ1) is 18.9. The van der Waals surface area contributed by atoms with Crippen molar-refractivity contribution in [3.63, 3.8) is 0 Å². The van der Waals surface area contributed by atoms with Crippen molar-refractivity contribution in [2.45, 2.75) is 32.9 Å². The second-order valence-corrected chi connectivity index (χ2v) is 5.94. The van der Waals surface area contributed by atoms with Crippen molar-refractivity contribution >= 4 is 18.3 Å². The van der Waals surface area contributed by atoms with E-state index in [4.69, 9.17) is 0 Å². The molecular formula is C17H28ClN3O. The minimum atomic E-state index is 0. The lowest BCUT2D eigenvalue weighted by Crippen LogP contribution is -2.52. The zero-order valence-corrected chi connectivity index (χ0v) is 14.7. The van der Waals surface area contributed by atoms with Crippen LogP contribution in [-0.2, 0) is 17.8 Å². The van der Waals surface area contributed by atoms with Crippen LogP contribution in [0.1, 0.15) is 25.0 Å². The van der Waals surface area contributed by atoms with Gasteiger partial charge in [0.25, 0.3) is 0 Å². The maximum Gasteiger partial charge on any atom is 0.236 e. The third-order valence-electron chi connectivity index (χ3n) is 4.25. The lowest BCUT2D eigenvalue weighted by Gasteiger charge is -2.34. The predicted molar refractivity (Wildman–Crippen MR) is 93.4 cm³/mol. The number of amides is 1. The minimum Gasteiger partial charge on any atom is -0.340 e. The summed E-state index contributed by atoms with van der Waals surface area (Å²) in [6.45, 7) is 8.42. The van der Waals surface area contributed by atoms with Crippen LogP contribution in [0.15, 0.2) is 24.3 Å². The Labute approximate surface area is 140 Å². The van der Waals surface area contributed by atoms with Crippen molar-refractivity contribution < 1.29 is 4.79 Å². The summed E-state index contributed by atoms with van der Waals surface area (Å²) < 4.78 is 0. The first-order valence-corrected chi connectivity index (χ1v) is 7.86. The Morgan fingerprint density at radius 3 is 2.55 bits per heavy atom. The van der Waals surface area contributed by atoms with E-state index in [-0.39, 0.29) is 18.3 Å². The van der Waals surface area contributed by atoms with Gasteiger partial charge in [-0.3, -0.25) is 9.69 Å². The maximum absolute atomic E-state index is 12.3. The largest absolute Gasteiger partial charge is 0.340 e. The van der Waals surface area contributed by atoms with E-state index in [1.54, 1.807) is 0 Å². The van der Waals surface area contributed by atoms with E-state index in [0.717, 1.165) is 26.1 Å². The van der Waals surface area contributed by atoms with Gasteiger partial charge >= 0.3 is 0 Å². The van der Waals surface area contributed by atoms with E-state index in [1.165, 1.54) is 11.1 Å². The molecule has 1 amide bonds. The standard InChI is InChI=1S/C17H27N3O.ClH/c1-4-15-5-7-16(8-6-15)12-19(3)17(21)13-20-10-9-18-11-14(20)2;/h5-8,14,18H,4,9-13H2,1-3H3;1H/t14-;/m0./s1. The predicted octanol–water partition coefficient (Wildman–Crippen LogP) is 1.92. The lowest BCUT2D eigenvalue weighted by atomic mass is 10.1. The number of nitrogens with one attached hydrogen (secondary N) is 1. The monoisotopic (exact) mass is 325 g/mol. The van der Waals surface area contributed by atoms with E-state index < -0.39 is 0 Å². The van der Waals surface area contributed by atoms with Gasteiger partial charge in [-0.05, 0) is 24.5 Å². The van der Waals surface area contributed by atoms with Crippen LogP contribution in [0.25, 0.3) is 0 Å². The van der Waals surface area contributed by atoms with E-state index in [2.05, 4.69) is 48.3 Å². The summed E-state index contributed by atoms with van der Waals surface area (Å²) in [4.78, 5) is 16.4. The summed E-state index contributed by atoms with van der Waals surface area (Å²) >= 11 is 0. The Hall–Kier alpha value is -1.10. The molecule has 0 aliphatic carbocycles. The quantitative estimate of drug-likeness (QED) is 0.898. The molecule has 0 saturated carbocycles. The van der Waals surface area contributed by atoms with Crippen molar-refractivity contribution in [1.82, 2.24) is 15.1 Å². The van der Waals surface area contributed by atoms with E-state index in [0.29, 0.717) is 19.1 Å². The first-order chi connectivity index (χ1) is 10.1. The molecule has 0 aromatic heterocycles. The number of halogens is 1. The summed E-state index contributed by atoms with van der Waals surface area (Å²) in [6, 6.07) is 8.96. The number of hydrogen-bond acceptors (Lipinski definition) is 3. The molecule has 0 bridgehead atoms. The molecule has 1 atom stereocenters.